The van der Waals surface area contributed by atoms with E-state index in [1.165, 1.54) is 11.8 Å². The lowest BCUT2D eigenvalue weighted by atomic mass is 9.86. The Labute approximate surface area is 133 Å². The zero-order chi connectivity index (χ0) is 16.6. The van der Waals surface area contributed by atoms with Gasteiger partial charge in [-0.25, -0.2) is 14.8 Å². The molecule has 1 amide bonds. The fourth-order valence-corrected chi connectivity index (χ4v) is 3.06. The normalized spacial score (nSPS) is 18.3. The van der Waals surface area contributed by atoms with E-state index in [-0.39, 0.29) is 28.8 Å². The Morgan fingerprint density at radius 1 is 1.17 bits per heavy atom. The van der Waals surface area contributed by atoms with Crippen molar-refractivity contribution in [3.63, 3.8) is 0 Å². The number of carboxylic acids is 1. The van der Waals surface area contributed by atoms with Crippen LogP contribution in [-0.4, -0.2) is 27.0 Å². The summed E-state index contributed by atoms with van der Waals surface area (Å²) in [6.45, 7) is 4.30. The first-order valence-corrected chi connectivity index (χ1v) is 7.34. The van der Waals surface area contributed by atoms with Gasteiger partial charge in [0.25, 0.3) is 5.91 Å². The minimum Gasteiger partial charge on any atom is -0.476 e. The molecule has 1 aliphatic carbocycles. The molecule has 0 spiro atoms. The molecule has 1 unspecified atom stereocenters. The number of benzene rings is 1. The highest BCUT2D eigenvalue weighted by Gasteiger charge is 2.37. The molecule has 1 aliphatic rings. The Kier molecular flexibility index (Phi) is 3.60. The molecule has 0 bridgehead atoms. The average Bonchev–Trinajstić information content (AvgIpc) is 2.79. The van der Waals surface area contributed by atoms with E-state index < -0.39 is 5.97 Å². The summed E-state index contributed by atoms with van der Waals surface area (Å²) >= 11 is 0. The minimum absolute atomic E-state index is 0.00656. The van der Waals surface area contributed by atoms with Crippen molar-refractivity contribution in [2.24, 2.45) is 0 Å². The molecule has 0 aliphatic heterocycles. The predicted molar refractivity (Wildman–Crippen MR) is 83.3 cm³/mol. The molecule has 6 heteroatoms. The van der Waals surface area contributed by atoms with Gasteiger partial charge in [-0.15, -0.1) is 0 Å². The quantitative estimate of drug-likeness (QED) is 0.907. The summed E-state index contributed by atoms with van der Waals surface area (Å²) < 4.78 is 0. The summed E-state index contributed by atoms with van der Waals surface area (Å²) in [5.41, 5.74) is 2.26. The van der Waals surface area contributed by atoms with E-state index >= 15 is 0 Å². The maximum Gasteiger partial charge on any atom is 0.356 e. The highest BCUT2D eigenvalue weighted by atomic mass is 16.4. The van der Waals surface area contributed by atoms with Crippen molar-refractivity contribution in [3.05, 3.63) is 59.2 Å². The highest BCUT2D eigenvalue weighted by molar-refractivity contribution is 5.93. The van der Waals surface area contributed by atoms with Crippen LogP contribution < -0.4 is 5.32 Å². The fourth-order valence-electron chi connectivity index (χ4n) is 3.06. The van der Waals surface area contributed by atoms with Crippen molar-refractivity contribution < 1.29 is 14.7 Å². The Bertz CT molecular complexity index is 769. The molecule has 0 radical (unpaired) electrons. The third kappa shape index (κ3) is 2.79. The topological polar surface area (TPSA) is 92.2 Å². The summed E-state index contributed by atoms with van der Waals surface area (Å²) in [5, 5.41) is 11.8. The van der Waals surface area contributed by atoms with E-state index in [1.54, 1.807) is 0 Å². The minimum atomic E-state index is -1.17. The lowest BCUT2D eigenvalue weighted by Gasteiger charge is -2.19. The zero-order valence-corrected chi connectivity index (χ0v) is 12.9. The fraction of sp³-hybridized carbons (Fsp3) is 0.294. The van der Waals surface area contributed by atoms with Gasteiger partial charge in [0.2, 0.25) is 0 Å². The standard InChI is InChI=1S/C17H17N3O3/c1-17(2)7-12(10-5-3-4-6-11(10)17)20-15(21)13-8-19-14(9-18-13)16(22)23/h3-6,8-9,12H,7H2,1-2H3,(H,20,21)(H,22,23). The summed E-state index contributed by atoms with van der Waals surface area (Å²) in [7, 11) is 0. The molecule has 118 valence electrons. The first-order chi connectivity index (χ1) is 10.9. The van der Waals surface area contributed by atoms with E-state index in [4.69, 9.17) is 5.11 Å². The third-order valence-electron chi connectivity index (χ3n) is 4.19. The summed E-state index contributed by atoms with van der Waals surface area (Å²) in [4.78, 5) is 30.7. The van der Waals surface area contributed by atoms with Crippen molar-refractivity contribution >= 4 is 11.9 Å². The van der Waals surface area contributed by atoms with E-state index in [1.807, 2.05) is 18.2 Å². The Morgan fingerprint density at radius 3 is 2.48 bits per heavy atom. The van der Waals surface area contributed by atoms with Gasteiger partial charge in [-0.3, -0.25) is 4.79 Å². The lowest BCUT2D eigenvalue weighted by Crippen LogP contribution is -2.29. The molecule has 2 N–H and O–H groups in total. The molecular formula is C17H17N3O3. The van der Waals surface area contributed by atoms with Gasteiger partial charge in [-0.05, 0) is 23.0 Å². The monoisotopic (exact) mass is 311 g/mol. The molecule has 1 aromatic carbocycles. The molecule has 1 heterocycles. The molecule has 0 fully saturated rings. The maximum absolute atomic E-state index is 12.3. The van der Waals surface area contributed by atoms with Crippen molar-refractivity contribution in [2.75, 3.05) is 0 Å². The number of nitrogens with zero attached hydrogens (tertiary/aromatic N) is 2. The molecule has 2 aromatic rings. The second kappa shape index (κ2) is 5.46. The largest absolute Gasteiger partial charge is 0.476 e. The third-order valence-corrected chi connectivity index (χ3v) is 4.19. The molecule has 3 rings (SSSR count). The number of carbonyl (C=O) groups is 2. The number of amides is 1. The van der Waals surface area contributed by atoms with Crippen LogP contribution in [0.1, 0.15) is 58.4 Å². The van der Waals surface area contributed by atoms with Crippen LogP contribution in [-0.2, 0) is 5.41 Å². The van der Waals surface area contributed by atoms with E-state index in [0.717, 1.165) is 18.2 Å². The average molecular weight is 311 g/mol. The van der Waals surface area contributed by atoms with Crippen LogP contribution in [0.3, 0.4) is 0 Å². The number of hydrogen-bond acceptors (Lipinski definition) is 4. The van der Waals surface area contributed by atoms with Crippen LogP contribution in [0.5, 0.6) is 0 Å². The number of hydrogen-bond donors (Lipinski definition) is 2. The molecule has 6 nitrogen and oxygen atoms in total. The van der Waals surface area contributed by atoms with E-state index in [0.29, 0.717) is 0 Å². The SMILES string of the molecule is CC1(C)CC(NC(=O)c2cnc(C(=O)O)cn2)c2ccccc21. The molecule has 23 heavy (non-hydrogen) atoms. The number of fused-ring (bicyclic) bond motifs is 1. The van der Waals surface area contributed by atoms with Crippen molar-refractivity contribution in [1.29, 1.82) is 0 Å². The Morgan fingerprint density at radius 2 is 1.83 bits per heavy atom. The Balaban J connectivity index is 1.80. The van der Waals surface area contributed by atoms with Gasteiger partial charge in [0.1, 0.15) is 5.69 Å². The van der Waals surface area contributed by atoms with E-state index in [9.17, 15) is 9.59 Å². The van der Waals surface area contributed by atoms with Crippen molar-refractivity contribution in [3.8, 4) is 0 Å². The van der Waals surface area contributed by atoms with Gasteiger partial charge in [-0.1, -0.05) is 38.1 Å². The van der Waals surface area contributed by atoms with Crippen LogP contribution in [0.25, 0.3) is 0 Å². The van der Waals surface area contributed by atoms with Gasteiger partial charge in [0.05, 0.1) is 18.4 Å². The van der Waals surface area contributed by atoms with Crippen LogP contribution in [0.2, 0.25) is 0 Å². The summed E-state index contributed by atoms with van der Waals surface area (Å²) in [6.07, 6.45) is 3.08. The molecule has 1 aromatic heterocycles. The van der Waals surface area contributed by atoms with Gasteiger partial charge in [-0.2, -0.15) is 0 Å². The zero-order valence-electron chi connectivity index (χ0n) is 12.9. The van der Waals surface area contributed by atoms with Crippen LogP contribution in [0, 0.1) is 0 Å². The lowest BCUT2D eigenvalue weighted by molar-refractivity contribution is 0.0688. The molecule has 0 saturated carbocycles. The highest BCUT2D eigenvalue weighted by Crippen LogP contribution is 2.44. The van der Waals surface area contributed by atoms with Crippen LogP contribution in [0.4, 0.5) is 0 Å². The molecule has 1 atom stereocenters. The number of aromatic carboxylic acids is 1. The number of carbonyl (C=O) groups excluding carboxylic acids is 1. The van der Waals surface area contributed by atoms with Gasteiger partial charge >= 0.3 is 5.97 Å². The smallest absolute Gasteiger partial charge is 0.356 e. The summed E-state index contributed by atoms with van der Waals surface area (Å²) in [5.74, 6) is -1.53. The van der Waals surface area contributed by atoms with Gasteiger partial charge < -0.3 is 10.4 Å². The predicted octanol–water partition coefficient (Wildman–Crippen LogP) is 2.33. The first-order valence-electron chi connectivity index (χ1n) is 7.34. The summed E-state index contributed by atoms with van der Waals surface area (Å²) in [6, 6.07) is 7.98. The van der Waals surface area contributed by atoms with Gasteiger partial charge in [0.15, 0.2) is 5.69 Å². The van der Waals surface area contributed by atoms with Crippen molar-refractivity contribution in [2.45, 2.75) is 31.7 Å². The maximum atomic E-state index is 12.3. The number of carboxylic acid groups (broad SMARTS) is 1. The second-order valence-electron chi connectivity index (χ2n) is 6.29. The van der Waals surface area contributed by atoms with Crippen LogP contribution >= 0.6 is 0 Å². The Hall–Kier alpha value is -2.76. The number of rotatable bonds is 3. The van der Waals surface area contributed by atoms with Crippen LogP contribution in [0.15, 0.2) is 36.7 Å². The van der Waals surface area contributed by atoms with E-state index in [2.05, 4.69) is 35.2 Å². The first kappa shape index (κ1) is 15.1. The van der Waals surface area contributed by atoms with Gasteiger partial charge in [0, 0.05) is 0 Å². The molecule has 0 saturated heterocycles. The second-order valence-corrected chi connectivity index (χ2v) is 6.29. The number of nitrogens with one attached hydrogen (secondary N) is 1. The number of aromatic nitrogens is 2. The molecular weight excluding hydrogens is 294 g/mol. The van der Waals surface area contributed by atoms with Crippen molar-refractivity contribution in [1.82, 2.24) is 15.3 Å².